The van der Waals surface area contributed by atoms with E-state index in [1.807, 2.05) is 0 Å². The fraction of sp³-hybridized carbons (Fsp3) is 0.636. The molecule has 0 spiro atoms. The SMILES string of the molecule is CCCCc1ccc(C(C)C)[nH]1. The van der Waals surface area contributed by atoms with Gasteiger partial charge >= 0.3 is 0 Å². The number of unbranched alkanes of at least 4 members (excludes halogenated alkanes) is 1. The second kappa shape index (κ2) is 4.34. The summed E-state index contributed by atoms with van der Waals surface area (Å²) in [5.41, 5.74) is 2.75. The van der Waals surface area contributed by atoms with Gasteiger partial charge in [-0.25, -0.2) is 0 Å². The van der Waals surface area contributed by atoms with Gasteiger partial charge in [-0.15, -0.1) is 0 Å². The van der Waals surface area contributed by atoms with Gasteiger partial charge in [0.2, 0.25) is 0 Å². The fourth-order valence-corrected chi connectivity index (χ4v) is 1.31. The van der Waals surface area contributed by atoms with Crippen molar-refractivity contribution in [2.45, 2.75) is 46.0 Å². The third kappa shape index (κ3) is 2.40. The minimum absolute atomic E-state index is 0.625. The smallest absolute Gasteiger partial charge is 0.0175 e. The maximum Gasteiger partial charge on any atom is 0.0175 e. The molecular weight excluding hydrogens is 146 g/mol. The normalized spacial score (nSPS) is 11.0. The Bertz CT molecular complexity index is 223. The molecule has 0 fully saturated rings. The molecule has 1 heterocycles. The predicted molar refractivity (Wildman–Crippen MR) is 53.5 cm³/mol. The average molecular weight is 165 g/mol. The quantitative estimate of drug-likeness (QED) is 0.703. The molecule has 1 aromatic heterocycles. The summed E-state index contributed by atoms with van der Waals surface area (Å²) in [5, 5.41) is 0. The molecule has 0 radical (unpaired) electrons. The number of H-pyrrole nitrogens is 1. The Morgan fingerprint density at radius 3 is 2.58 bits per heavy atom. The first-order valence-electron chi connectivity index (χ1n) is 4.91. The number of aromatic nitrogens is 1. The van der Waals surface area contributed by atoms with Gasteiger partial charge in [0.05, 0.1) is 0 Å². The number of aryl methyl sites for hydroxylation is 1. The summed E-state index contributed by atoms with van der Waals surface area (Å²) in [7, 11) is 0. The van der Waals surface area contributed by atoms with Crippen molar-refractivity contribution in [3.63, 3.8) is 0 Å². The summed E-state index contributed by atoms with van der Waals surface area (Å²) in [6, 6.07) is 4.42. The van der Waals surface area contributed by atoms with Gasteiger partial charge in [-0.2, -0.15) is 0 Å². The lowest BCUT2D eigenvalue weighted by Crippen LogP contribution is -1.89. The molecule has 0 amide bonds. The van der Waals surface area contributed by atoms with E-state index in [-0.39, 0.29) is 0 Å². The highest BCUT2D eigenvalue weighted by Crippen LogP contribution is 2.14. The van der Waals surface area contributed by atoms with E-state index in [1.165, 1.54) is 30.7 Å². The van der Waals surface area contributed by atoms with Gasteiger partial charge in [0.15, 0.2) is 0 Å². The molecule has 0 saturated heterocycles. The van der Waals surface area contributed by atoms with Crippen molar-refractivity contribution in [1.82, 2.24) is 4.98 Å². The molecule has 0 bridgehead atoms. The van der Waals surface area contributed by atoms with Crippen LogP contribution in [0.5, 0.6) is 0 Å². The van der Waals surface area contributed by atoms with Gasteiger partial charge in [-0.1, -0.05) is 27.2 Å². The van der Waals surface area contributed by atoms with Gasteiger partial charge in [-0.3, -0.25) is 0 Å². The number of rotatable bonds is 4. The van der Waals surface area contributed by atoms with E-state index < -0.39 is 0 Å². The van der Waals surface area contributed by atoms with Crippen LogP contribution in [-0.4, -0.2) is 4.98 Å². The van der Waals surface area contributed by atoms with Crippen molar-refractivity contribution in [3.8, 4) is 0 Å². The zero-order valence-electron chi connectivity index (χ0n) is 8.35. The molecule has 0 unspecified atom stereocenters. The molecule has 0 atom stereocenters. The van der Waals surface area contributed by atoms with E-state index in [0.717, 1.165) is 0 Å². The van der Waals surface area contributed by atoms with E-state index in [9.17, 15) is 0 Å². The molecule has 0 aliphatic heterocycles. The molecule has 1 heteroatoms. The Kier molecular flexibility index (Phi) is 3.39. The molecule has 1 nitrogen and oxygen atoms in total. The second-order valence-electron chi connectivity index (χ2n) is 3.70. The zero-order valence-corrected chi connectivity index (χ0v) is 8.35. The molecule has 68 valence electrons. The summed E-state index contributed by atoms with van der Waals surface area (Å²) < 4.78 is 0. The summed E-state index contributed by atoms with van der Waals surface area (Å²) in [5.74, 6) is 0.625. The fourth-order valence-electron chi connectivity index (χ4n) is 1.31. The number of hydrogen-bond acceptors (Lipinski definition) is 0. The highest BCUT2D eigenvalue weighted by molar-refractivity contribution is 5.15. The van der Waals surface area contributed by atoms with Gasteiger partial charge in [-0.05, 0) is 30.9 Å². The third-order valence-electron chi connectivity index (χ3n) is 2.19. The lowest BCUT2D eigenvalue weighted by Gasteiger charge is -2.00. The van der Waals surface area contributed by atoms with E-state index in [4.69, 9.17) is 0 Å². The third-order valence-corrected chi connectivity index (χ3v) is 2.19. The van der Waals surface area contributed by atoms with Crippen molar-refractivity contribution in [3.05, 3.63) is 23.5 Å². The van der Waals surface area contributed by atoms with Crippen molar-refractivity contribution in [2.75, 3.05) is 0 Å². The van der Waals surface area contributed by atoms with Crippen LogP contribution >= 0.6 is 0 Å². The molecule has 0 aliphatic carbocycles. The second-order valence-corrected chi connectivity index (χ2v) is 3.70. The van der Waals surface area contributed by atoms with Crippen LogP contribution in [0.1, 0.15) is 50.9 Å². The van der Waals surface area contributed by atoms with Crippen molar-refractivity contribution >= 4 is 0 Å². The minimum Gasteiger partial charge on any atom is -0.362 e. The van der Waals surface area contributed by atoms with Crippen LogP contribution in [0.2, 0.25) is 0 Å². The largest absolute Gasteiger partial charge is 0.362 e. The van der Waals surface area contributed by atoms with Gasteiger partial charge in [0.1, 0.15) is 0 Å². The minimum atomic E-state index is 0.625. The number of aromatic amines is 1. The molecule has 0 aliphatic rings. The van der Waals surface area contributed by atoms with Gasteiger partial charge < -0.3 is 4.98 Å². The molecule has 0 aromatic carbocycles. The van der Waals surface area contributed by atoms with Crippen LogP contribution in [0.4, 0.5) is 0 Å². The number of hydrogen-bond donors (Lipinski definition) is 1. The van der Waals surface area contributed by atoms with Crippen LogP contribution in [0, 0.1) is 0 Å². The summed E-state index contributed by atoms with van der Waals surface area (Å²) in [6.45, 7) is 6.66. The average Bonchev–Trinajstić information content (AvgIpc) is 2.48. The first-order valence-corrected chi connectivity index (χ1v) is 4.91. The van der Waals surface area contributed by atoms with Crippen LogP contribution in [0.15, 0.2) is 12.1 Å². The Morgan fingerprint density at radius 1 is 1.33 bits per heavy atom. The molecule has 1 rings (SSSR count). The Morgan fingerprint density at radius 2 is 2.08 bits per heavy atom. The van der Waals surface area contributed by atoms with E-state index in [2.05, 4.69) is 37.9 Å². The summed E-state index contributed by atoms with van der Waals surface area (Å²) >= 11 is 0. The molecule has 0 saturated carbocycles. The van der Waals surface area contributed by atoms with Crippen LogP contribution in [0.25, 0.3) is 0 Å². The van der Waals surface area contributed by atoms with Gasteiger partial charge in [0.25, 0.3) is 0 Å². The van der Waals surface area contributed by atoms with Crippen LogP contribution in [-0.2, 0) is 6.42 Å². The lowest BCUT2D eigenvalue weighted by atomic mass is 10.1. The monoisotopic (exact) mass is 165 g/mol. The maximum absolute atomic E-state index is 3.45. The molecule has 1 N–H and O–H groups in total. The summed E-state index contributed by atoms with van der Waals surface area (Å²) in [4.78, 5) is 3.45. The van der Waals surface area contributed by atoms with Crippen molar-refractivity contribution in [2.24, 2.45) is 0 Å². The van der Waals surface area contributed by atoms with Crippen LogP contribution in [0.3, 0.4) is 0 Å². The first-order chi connectivity index (χ1) is 5.74. The number of nitrogens with one attached hydrogen (secondary N) is 1. The van der Waals surface area contributed by atoms with E-state index >= 15 is 0 Å². The standard InChI is InChI=1S/C11H19N/c1-4-5-6-10-7-8-11(12-10)9(2)3/h7-9,12H,4-6H2,1-3H3. The maximum atomic E-state index is 3.45. The molecule has 12 heavy (non-hydrogen) atoms. The van der Waals surface area contributed by atoms with E-state index in [1.54, 1.807) is 0 Å². The molecule has 1 aromatic rings. The molecular formula is C11H19N. The highest BCUT2D eigenvalue weighted by atomic mass is 14.7. The summed E-state index contributed by atoms with van der Waals surface area (Å²) in [6.07, 6.45) is 3.76. The zero-order chi connectivity index (χ0) is 8.97. The Hall–Kier alpha value is -0.720. The predicted octanol–water partition coefficient (Wildman–Crippen LogP) is 3.48. The van der Waals surface area contributed by atoms with Crippen LogP contribution < -0.4 is 0 Å². The topological polar surface area (TPSA) is 15.8 Å². The Labute approximate surface area is 75.2 Å². The van der Waals surface area contributed by atoms with Crippen molar-refractivity contribution in [1.29, 1.82) is 0 Å². The Balaban J connectivity index is 2.52. The van der Waals surface area contributed by atoms with Crippen molar-refractivity contribution < 1.29 is 0 Å². The van der Waals surface area contributed by atoms with Gasteiger partial charge in [0, 0.05) is 11.4 Å². The first kappa shape index (κ1) is 9.37. The lowest BCUT2D eigenvalue weighted by molar-refractivity contribution is 0.766. The highest BCUT2D eigenvalue weighted by Gasteiger charge is 2.01. The van der Waals surface area contributed by atoms with E-state index in [0.29, 0.717) is 5.92 Å².